The summed E-state index contributed by atoms with van der Waals surface area (Å²) in [5, 5.41) is 0. The number of anilines is 1. The van der Waals surface area contributed by atoms with E-state index in [1.165, 1.54) is 4.90 Å². The van der Waals surface area contributed by atoms with Crippen molar-refractivity contribution in [1.82, 2.24) is 4.98 Å². The zero-order chi connectivity index (χ0) is 13.3. The van der Waals surface area contributed by atoms with Crippen molar-refractivity contribution in [3.05, 3.63) is 22.8 Å². The number of hydrogen-bond acceptors (Lipinski definition) is 4. The number of halogens is 2. The summed E-state index contributed by atoms with van der Waals surface area (Å²) in [4.78, 5) is 17.2. The maximum Gasteiger partial charge on any atom is 0.302 e. The van der Waals surface area contributed by atoms with Gasteiger partial charge in [0.25, 0.3) is 0 Å². The van der Waals surface area contributed by atoms with Crippen LogP contribution in [0.4, 0.5) is 9.70 Å². The van der Waals surface area contributed by atoms with E-state index in [2.05, 4.69) is 20.9 Å². The van der Waals surface area contributed by atoms with E-state index in [0.29, 0.717) is 10.4 Å². The van der Waals surface area contributed by atoms with Crippen LogP contribution < -0.4 is 4.90 Å². The smallest absolute Gasteiger partial charge is 0.296 e. The quantitative estimate of drug-likeness (QED) is 0.619. The minimum absolute atomic E-state index is 0.0251. The second-order valence-corrected chi connectivity index (χ2v) is 6.32. The summed E-state index contributed by atoms with van der Waals surface area (Å²) in [7, 11) is -4.55. The first-order chi connectivity index (χ1) is 8.35. The number of pyridine rings is 1. The second-order valence-electron chi connectivity index (χ2n) is 4.10. The Morgan fingerprint density at radius 1 is 1.50 bits per heavy atom. The number of nitrogens with zero attached hydrogens (tertiary/aromatic N) is 2. The normalized spacial score (nSPS) is 20.4. The third kappa shape index (κ3) is 3.26. The molecule has 0 N–H and O–H groups in total. The summed E-state index contributed by atoms with van der Waals surface area (Å²) in [6, 6.07) is 5.08. The molecule has 2 heterocycles. The predicted octanol–water partition coefficient (Wildman–Crippen LogP) is 1.50. The first kappa shape index (κ1) is 13.4. The molecule has 18 heavy (non-hydrogen) atoms. The highest BCUT2D eigenvalue weighted by atomic mass is 79.9. The van der Waals surface area contributed by atoms with Crippen LogP contribution in [0.15, 0.2) is 22.8 Å². The molecule has 1 saturated heterocycles. The van der Waals surface area contributed by atoms with Gasteiger partial charge in [-0.1, -0.05) is 6.07 Å². The van der Waals surface area contributed by atoms with Gasteiger partial charge in [0.05, 0.1) is 5.75 Å². The van der Waals surface area contributed by atoms with Gasteiger partial charge in [-0.25, -0.2) is 4.98 Å². The van der Waals surface area contributed by atoms with E-state index >= 15 is 0 Å². The molecule has 8 heteroatoms. The molecule has 1 aliphatic rings. The summed E-state index contributed by atoms with van der Waals surface area (Å²) in [6.07, 6.45) is 0.0251. The largest absolute Gasteiger partial charge is 0.302 e. The third-order valence-corrected chi connectivity index (χ3v) is 3.93. The molecule has 0 aliphatic carbocycles. The fraction of sp³-hybridized carbons (Fsp3) is 0.400. The van der Waals surface area contributed by atoms with Gasteiger partial charge in [0.1, 0.15) is 10.4 Å². The van der Waals surface area contributed by atoms with Crippen molar-refractivity contribution in [1.29, 1.82) is 0 Å². The molecule has 1 aromatic heterocycles. The van der Waals surface area contributed by atoms with Crippen LogP contribution in [0, 0.1) is 5.92 Å². The fourth-order valence-electron chi connectivity index (χ4n) is 1.94. The Labute approximate surface area is 112 Å². The van der Waals surface area contributed by atoms with E-state index in [1.807, 2.05) is 0 Å². The summed E-state index contributed by atoms with van der Waals surface area (Å²) in [5.41, 5.74) is 0. The molecule has 1 unspecified atom stereocenters. The highest BCUT2D eigenvalue weighted by molar-refractivity contribution is 9.10. The van der Waals surface area contributed by atoms with Gasteiger partial charge in [0.2, 0.25) is 5.91 Å². The molecule has 1 amide bonds. The van der Waals surface area contributed by atoms with Crippen LogP contribution in [0.25, 0.3) is 0 Å². The summed E-state index contributed by atoms with van der Waals surface area (Å²) < 4.78 is 34.3. The second kappa shape index (κ2) is 4.93. The Kier molecular flexibility index (Phi) is 3.67. The SMILES string of the molecule is O=C1CC(CS(=O)(=O)F)CN1c1cccc(Br)n1. The number of carbonyl (C=O) groups is 1. The van der Waals surface area contributed by atoms with Crippen molar-refractivity contribution in [2.75, 3.05) is 17.2 Å². The van der Waals surface area contributed by atoms with E-state index < -0.39 is 21.9 Å². The molecule has 2 rings (SSSR count). The summed E-state index contributed by atoms with van der Waals surface area (Å²) in [6.45, 7) is 0.172. The third-order valence-electron chi connectivity index (χ3n) is 2.62. The Hall–Kier alpha value is -1.02. The van der Waals surface area contributed by atoms with E-state index in [0.717, 1.165) is 0 Å². The Bertz CT molecular complexity index is 578. The van der Waals surface area contributed by atoms with Crippen LogP contribution in [0.1, 0.15) is 6.42 Å². The predicted molar refractivity (Wildman–Crippen MR) is 67.3 cm³/mol. The molecule has 1 aromatic rings. The zero-order valence-corrected chi connectivity index (χ0v) is 11.6. The van der Waals surface area contributed by atoms with Gasteiger partial charge in [-0.05, 0) is 28.1 Å². The first-order valence-electron chi connectivity index (χ1n) is 5.20. The van der Waals surface area contributed by atoms with Gasteiger partial charge >= 0.3 is 10.2 Å². The van der Waals surface area contributed by atoms with E-state index in [-0.39, 0.29) is 18.9 Å². The lowest BCUT2D eigenvalue weighted by atomic mass is 10.1. The van der Waals surface area contributed by atoms with E-state index in [4.69, 9.17) is 0 Å². The first-order valence-corrected chi connectivity index (χ1v) is 7.55. The maximum absolute atomic E-state index is 12.6. The Morgan fingerprint density at radius 2 is 2.22 bits per heavy atom. The van der Waals surface area contributed by atoms with Crippen LogP contribution in [-0.2, 0) is 15.0 Å². The molecule has 0 bridgehead atoms. The van der Waals surface area contributed by atoms with Crippen molar-refractivity contribution in [2.45, 2.75) is 6.42 Å². The number of amides is 1. The van der Waals surface area contributed by atoms with Crippen molar-refractivity contribution in [2.24, 2.45) is 5.92 Å². The van der Waals surface area contributed by atoms with Crippen molar-refractivity contribution in [3.63, 3.8) is 0 Å². The van der Waals surface area contributed by atoms with Crippen molar-refractivity contribution in [3.8, 4) is 0 Å². The maximum atomic E-state index is 12.6. The highest BCUT2D eigenvalue weighted by Crippen LogP contribution is 2.25. The van der Waals surface area contributed by atoms with Crippen LogP contribution in [0.5, 0.6) is 0 Å². The molecule has 0 saturated carbocycles. The zero-order valence-electron chi connectivity index (χ0n) is 9.21. The molecular formula is C10H10BrFN2O3S. The molecule has 0 radical (unpaired) electrons. The van der Waals surface area contributed by atoms with Gasteiger partial charge < -0.3 is 0 Å². The van der Waals surface area contributed by atoms with E-state index in [1.54, 1.807) is 18.2 Å². The van der Waals surface area contributed by atoms with Crippen molar-refractivity contribution < 1.29 is 17.1 Å². The fourth-order valence-corrected chi connectivity index (χ4v) is 3.06. The molecule has 0 aromatic carbocycles. The highest BCUT2D eigenvalue weighted by Gasteiger charge is 2.34. The van der Waals surface area contributed by atoms with Gasteiger partial charge in [-0.2, -0.15) is 8.42 Å². The number of carbonyl (C=O) groups excluding carboxylic acids is 1. The van der Waals surface area contributed by atoms with Crippen LogP contribution >= 0.6 is 15.9 Å². The van der Waals surface area contributed by atoms with Gasteiger partial charge in [-0.15, -0.1) is 3.89 Å². The number of rotatable bonds is 3. The molecule has 5 nitrogen and oxygen atoms in total. The molecule has 0 spiro atoms. The topological polar surface area (TPSA) is 67.3 Å². The van der Waals surface area contributed by atoms with Gasteiger partial charge in [0.15, 0.2) is 0 Å². The summed E-state index contributed by atoms with van der Waals surface area (Å²) in [5.74, 6) is -0.945. The average molecular weight is 337 g/mol. The minimum atomic E-state index is -4.55. The van der Waals surface area contributed by atoms with E-state index in [9.17, 15) is 17.1 Å². The lowest BCUT2D eigenvalue weighted by molar-refractivity contribution is -0.117. The lowest BCUT2D eigenvalue weighted by Gasteiger charge is -2.15. The number of aromatic nitrogens is 1. The molecule has 1 aliphatic heterocycles. The van der Waals surface area contributed by atoms with Crippen LogP contribution in [0.2, 0.25) is 0 Å². The Morgan fingerprint density at radius 3 is 2.83 bits per heavy atom. The van der Waals surface area contributed by atoms with Gasteiger partial charge in [-0.3, -0.25) is 9.69 Å². The minimum Gasteiger partial charge on any atom is -0.296 e. The molecule has 1 fully saturated rings. The molecular weight excluding hydrogens is 327 g/mol. The monoisotopic (exact) mass is 336 g/mol. The molecule has 98 valence electrons. The average Bonchev–Trinajstić information content (AvgIpc) is 2.56. The lowest BCUT2D eigenvalue weighted by Crippen LogP contribution is -2.26. The summed E-state index contributed by atoms with van der Waals surface area (Å²) >= 11 is 3.19. The molecule has 1 atom stereocenters. The number of hydrogen-bond donors (Lipinski definition) is 0. The van der Waals surface area contributed by atoms with Crippen LogP contribution in [0.3, 0.4) is 0 Å². The van der Waals surface area contributed by atoms with Crippen LogP contribution in [-0.4, -0.2) is 31.6 Å². The Balaban J connectivity index is 2.15. The van der Waals surface area contributed by atoms with Crippen molar-refractivity contribution >= 4 is 37.9 Å². The van der Waals surface area contributed by atoms with Gasteiger partial charge in [0, 0.05) is 18.9 Å². The standard InChI is InChI=1S/C10H10BrFN2O3S/c11-8-2-1-3-9(13-8)14-5-7(4-10(14)15)6-18(12,16)17/h1-3,7H,4-6H2.